The Kier molecular flexibility index (Phi) is 6.79. The average molecular weight is 479 g/mol. The summed E-state index contributed by atoms with van der Waals surface area (Å²) in [6.07, 6.45) is 6.70. The number of hydrogen-bond acceptors (Lipinski definition) is 4. The molecule has 4 aromatic carbocycles. The lowest BCUT2D eigenvalue weighted by molar-refractivity contribution is -0.116. The zero-order chi connectivity index (χ0) is 23.3. The van der Waals surface area contributed by atoms with Crippen molar-refractivity contribution in [3.05, 3.63) is 118 Å². The average Bonchev–Trinajstić information content (AvgIpc) is 3.40. The van der Waals surface area contributed by atoms with E-state index in [9.17, 15) is 9.59 Å². The van der Waals surface area contributed by atoms with E-state index in [1.165, 1.54) is 12.2 Å². The van der Waals surface area contributed by atoms with Crippen molar-refractivity contribution >= 4 is 68.8 Å². The Balaban J connectivity index is 1.45. The molecule has 0 amide bonds. The Morgan fingerprint density at radius 1 is 0.588 bits per heavy atom. The highest BCUT2D eigenvalue weighted by Gasteiger charge is 2.23. The molecule has 1 saturated heterocycles. The molecule has 0 unspecified atom stereocenters. The van der Waals surface area contributed by atoms with E-state index in [-0.39, 0.29) is 17.1 Å². The predicted octanol–water partition coefficient (Wildman–Crippen LogP) is 7.55. The molecule has 0 atom stereocenters. The predicted molar refractivity (Wildman–Crippen MR) is 148 cm³/mol. The molecule has 166 valence electrons. The van der Waals surface area contributed by atoms with E-state index in [2.05, 4.69) is 24.3 Å². The van der Waals surface area contributed by atoms with E-state index in [0.29, 0.717) is 0 Å². The fourth-order valence-corrected chi connectivity index (χ4v) is 6.63. The van der Waals surface area contributed by atoms with Gasteiger partial charge in [0, 0.05) is 11.5 Å². The van der Waals surface area contributed by atoms with E-state index >= 15 is 0 Å². The maximum absolute atomic E-state index is 13.3. The molecule has 4 aromatic rings. The van der Waals surface area contributed by atoms with Crippen molar-refractivity contribution < 1.29 is 9.59 Å². The van der Waals surface area contributed by atoms with Crippen LogP contribution in [-0.2, 0) is 9.59 Å². The fraction of sp³-hybridized carbons (Fsp3) is 0.0667. The SMILES string of the molecule is O=C(/C=C/c1cccc2ccccc12)C(C(=O)/C=C/c1cccc2ccccc12)=C1SCCS1. The Morgan fingerprint density at radius 2 is 1.03 bits per heavy atom. The smallest absolute Gasteiger partial charge is 0.191 e. The van der Waals surface area contributed by atoms with Crippen LogP contribution in [-0.4, -0.2) is 23.1 Å². The largest absolute Gasteiger partial charge is 0.289 e. The third-order valence-corrected chi connectivity index (χ3v) is 8.44. The van der Waals surface area contributed by atoms with Gasteiger partial charge < -0.3 is 0 Å². The number of ketones is 2. The van der Waals surface area contributed by atoms with Gasteiger partial charge in [0.15, 0.2) is 11.6 Å². The number of hydrogen-bond donors (Lipinski definition) is 0. The van der Waals surface area contributed by atoms with Crippen molar-refractivity contribution in [1.82, 2.24) is 0 Å². The van der Waals surface area contributed by atoms with Crippen molar-refractivity contribution in [1.29, 1.82) is 0 Å². The lowest BCUT2D eigenvalue weighted by atomic mass is 10.0. The number of carbonyl (C=O) groups is 2. The molecule has 5 rings (SSSR count). The van der Waals surface area contributed by atoms with Gasteiger partial charge in [0.25, 0.3) is 0 Å². The van der Waals surface area contributed by atoms with Gasteiger partial charge in [0.2, 0.25) is 0 Å². The van der Waals surface area contributed by atoms with Gasteiger partial charge in [-0.25, -0.2) is 0 Å². The maximum atomic E-state index is 13.3. The third kappa shape index (κ3) is 4.79. The van der Waals surface area contributed by atoms with Gasteiger partial charge in [-0.15, -0.1) is 23.5 Å². The van der Waals surface area contributed by atoms with Gasteiger partial charge in [0.05, 0.1) is 9.81 Å². The molecule has 0 bridgehead atoms. The second-order valence-corrected chi connectivity index (χ2v) is 10.4. The lowest BCUT2D eigenvalue weighted by Gasteiger charge is -2.05. The summed E-state index contributed by atoms with van der Waals surface area (Å²) >= 11 is 3.18. The number of benzene rings is 4. The fourth-order valence-electron chi connectivity index (χ4n) is 4.07. The van der Waals surface area contributed by atoms with Crippen LogP contribution in [0.2, 0.25) is 0 Å². The highest BCUT2D eigenvalue weighted by atomic mass is 32.2. The molecule has 2 nitrogen and oxygen atoms in total. The molecule has 34 heavy (non-hydrogen) atoms. The minimum absolute atomic E-state index is 0.252. The van der Waals surface area contributed by atoms with Gasteiger partial charge in [-0.2, -0.15) is 0 Å². The molecular weight excluding hydrogens is 456 g/mol. The molecule has 1 aliphatic rings. The zero-order valence-corrected chi connectivity index (χ0v) is 20.1. The standard InChI is InChI=1S/C30H22O2S2/c31-27(17-15-23-11-5-9-21-7-1-3-13-25(21)23)29(30-33-19-20-34-30)28(32)18-16-24-12-6-10-22-8-2-4-14-26(22)24/h1-18H,19-20H2/b17-15+,18-16+. The third-order valence-electron chi connectivity index (χ3n) is 5.72. The second kappa shape index (κ2) is 10.3. The zero-order valence-electron chi connectivity index (χ0n) is 18.4. The van der Waals surface area contributed by atoms with Crippen LogP contribution < -0.4 is 0 Å². The summed E-state index contributed by atoms with van der Waals surface area (Å²) in [5.74, 6) is 1.31. The molecule has 0 aromatic heterocycles. The van der Waals surface area contributed by atoms with Crippen LogP contribution in [0, 0.1) is 0 Å². The Labute approximate surface area is 207 Å². The monoisotopic (exact) mass is 478 g/mol. The van der Waals surface area contributed by atoms with Crippen LogP contribution in [0.25, 0.3) is 33.7 Å². The summed E-state index contributed by atoms with van der Waals surface area (Å²) in [6.45, 7) is 0. The number of carbonyl (C=O) groups excluding carboxylic acids is 2. The summed E-state index contributed by atoms with van der Waals surface area (Å²) in [6, 6.07) is 28.2. The maximum Gasteiger partial charge on any atom is 0.191 e. The normalized spacial score (nSPS) is 13.9. The summed E-state index contributed by atoms with van der Waals surface area (Å²) in [5.41, 5.74) is 2.18. The molecule has 0 N–H and O–H groups in total. The summed E-state index contributed by atoms with van der Waals surface area (Å²) in [7, 11) is 0. The van der Waals surface area contributed by atoms with Crippen molar-refractivity contribution in [2.75, 3.05) is 11.5 Å². The lowest BCUT2D eigenvalue weighted by Crippen LogP contribution is -2.10. The first kappa shape index (κ1) is 22.5. The number of allylic oxidation sites excluding steroid dienone is 3. The first-order valence-electron chi connectivity index (χ1n) is 11.1. The van der Waals surface area contributed by atoms with Gasteiger partial charge in [0.1, 0.15) is 0 Å². The van der Waals surface area contributed by atoms with Gasteiger partial charge in [-0.1, -0.05) is 97.1 Å². The summed E-state index contributed by atoms with van der Waals surface area (Å²) in [4.78, 5) is 26.6. The number of rotatable bonds is 6. The van der Waals surface area contributed by atoms with Gasteiger partial charge in [-0.3, -0.25) is 9.59 Å². The molecule has 1 heterocycles. The molecule has 0 radical (unpaired) electrons. The van der Waals surface area contributed by atoms with Gasteiger partial charge >= 0.3 is 0 Å². The molecule has 0 spiro atoms. The Morgan fingerprint density at radius 3 is 1.53 bits per heavy atom. The number of fused-ring (bicyclic) bond motifs is 2. The van der Waals surface area contributed by atoms with E-state index in [1.54, 1.807) is 23.5 Å². The molecular formula is C30H22O2S2. The first-order chi connectivity index (χ1) is 16.7. The molecule has 0 saturated carbocycles. The van der Waals surface area contributed by atoms with Crippen LogP contribution in [0.4, 0.5) is 0 Å². The quantitative estimate of drug-likeness (QED) is 0.163. The summed E-state index contributed by atoms with van der Waals surface area (Å²) < 4.78 is 0.820. The van der Waals surface area contributed by atoms with E-state index in [4.69, 9.17) is 0 Å². The van der Waals surface area contributed by atoms with Crippen LogP contribution >= 0.6 is 23.5 Å². The molecule has 1 fully saturated rings. The highest BCUT2D eigenvalue weighted by molar-refractivity contribution is 8.25. The van der Waals surface area contributed by atoms with Crippen molar-refractivity contribution in [3.63, 3.8) is 0 Å². The van der Waals surface area contributed by atoms with Crippen LogP contribution in [0.3, 0.4) is 0 Å². The topological polar surface area (TPSA) is 34.1 Å². The van der Waals surface area contributed by atoms with E-state index in [0.717, 1.165) is 48.4 Å². The van der Waals surface area contributed by atoms with Crippen LogP contribution in [0.15, 0.2) is 107 Å². The molecule has 1 aliphatic heterocycles. The Hall–Kier alpha value is -3.34. The van der Waals surface area contributed by atoms with E-state index in [1.807, 2.05) is 72.8 Å². The van der Waals surface area contributed by atoms with E-state index < -0.39 is 0 Å². The second-order valence-electron chi connectivity index (χ2n) is 7.89. The number of thioether (sulfide) groups is 2. The van der Waals surface area contributed by atoms with Crippen LogP contribution in [0.5, 0.6) is 0 Å². The van der Waals surface area contributed by atoms with Crippen LogP contribution in [0.1, 0.15) is 11.1 Å². The highest BCUT2D eigenvalue weighted by Crippen LogP contribution is 2.39. The van der Waals surface area contributed by atoms with Crippen molar-refractivity contribution in [2.24, 2.45) is 0 Å². The Bertz CT molecular complexity index is 1370. The first-order valence-corrected chi connectivity index (χ1v) is 13.1. The minimum Gasteiger partial charge on any atom is -0.289 e. The molecule has 4 heteroatoms. The minimum atomic E-state index is -0.252. The molecule has 0 aliphatic carbocycles. The van der Waals surface area contributed by atoms with Crippen molar-refractivity contribution in [2.45, 2.75) is 0 Å². The van der Waals surface area contributed by atoms with Crippen molar-refractivity contribution in [3.8, 4) is 0 Å². The summed E-state index contributed by atoms with van der Waals surface area (Å²) in [5, 5.41) is 4.39. The van der Waals surface area contributed by atoms with Gasteiger partial charge in [-0.05, 0) is 44.8 Å².